The van der Waals surface area contributed by atoms with Crippen molar-refractivity contribution < 1.29 is 17.9 Å². The van der Waals surface area contributed by atoms with Gasteiger partial charge in [-0.05, 0) is 67.9 Å². The van der Waals surface area contributed by atoms with E-state index in [4.69, 9.17) is 9.72 Å². The molecule has 1 amide bonds. The number of pyridine rings is 1. The zero-order valence-electron chi connectivity index (χ0n) is 21.2. The molecule has 1 N–H and O–H groups in total. The zero-order chi connectivity index (χ0) is 26.3. The highest BCUT2D eigenvalue weighted by atomic mass is 32.2. The van der Waals surface area contributed by atoms with Crippen molar-refractivity contribution in [1.29, 1.82) is 0 Å². The fourth-order valence-electron chi connectivity index (χ4n) is 4.67. The Morgan fingerprint density at radius 3 is 2.41 bits per heavy atom. The molecule has 1 aliphatic heterocycles. The van der Waals surface area contributed by atoms with Crippen LogP contribution in [0.4, 0.5) is 11.4 Å². The van der Waals surface area contributed by atoms with Crippen molar-refractivity contribution in [1.82, 2.24) is 14.8 Å². The van der Waals surface area contributed by atoms with E-state index in [2.05, 4.69) is 10.4 Å². The minimum absolute atomic E-state index is 0.0113. The van der Waals surface area contributed by atoms with Gasteiger partial charge < -0.3 is 15.0 Å². The minimum atomic E-state index is -3.14. The van der Waals surface area contributed by atoms with Crippen LogP contribution in [0.15, 0.2) is 54.6 Å². The normalized spacial score (nSPS) is 16.6. The van der Waals surface area contributed by atoms with Gasteiger partial charge in [-0.15, -0.1) is 0 Å². The quantitative estimate of drug-likeness (QED) is 0.409. The Kier molecular flexibility index (Phi) is 6.36. The molecule has 0 spiro atoms. The molecule has 1 atom stereocenters. The molecule has 1 aliphatic rings. The summed E-state index contributed by atoms with van der Waals surface area (Å²) in [6, 6.07) is 16.4. The average molecular weight is 520 g/mol. The molecule has 9 nitrogen and oxygen atoms in total. The molecule has 0 saturated carbocycles. The molecule has 2 aromatic heterocycles. The first kappa shape index (κ1) is 24.8. The van der Waals surface area contributed by atoms with Crippen molar-refractivity contribution in [2.75, 3.05) is 42.9 Å². The summed E-state index contributed by atoms with van der Waals surface area (Å²) in [5, 5.41) is 8.27. The van der Waals surface area contributed by atoms with Crippen molar-refractivity contribution in [3.05, 3.63) is 65.9 Å². The van der Waals surface area contributed by atoms with E-state index in [-0.39, 0.29) is 23.5 Å². The highest BCUT2D eigenvalue weighted by Crippen LogP contribution is 2.33. The predicted molar refractivity (Wildman–Crippen MR) is 145 cm³/mol. The third-order valence-electron chi connectivity index (χ3n) is 6.66. The maximum absolute atomic E-state index is 13.6. The molecule has 1 saturated heterocycles. The van der Waals surface area contributed by atoms with Crippen LogP contribution in [0.5, 0.6) is 5.75 Å². The highest BCUT2D eigenvalue weighted by molar-refractivity contribution is 7.91. The summed E-state index contributed by atoms with van der Waals surface area (Å²) in [5.41, 5.74) is 4.63. The van der Waals surface area contributed by atoms with Gasteiger partial charge in [-0.3, -0.25) is 4.79 Å². The number of sulfone groups is 1. The number of aryl methyl sites for hydroxylation is 1. The van der Waals surface area contributed by atoms with Crippen molar-refractivity contribution in [2.24, 2.45) is 0 Å². The SMILES string of the molecule is COc1ccc(-c2cc(C(=O)Nc3ccc(N(C)C)cc3)c3c(C)nn(C4CCS(=O)(=O)C4)c3n2)cc1. The standard InChI is InChI=1S/C27H29N5O4S/c1-17-25-23(27(33)28-19-7-9-20(10-8-19)31(2)3)15-24(18-5-11-22(36-4)12-6-18)29-26(25)32(30-17)21-13-14-37(34,35)16-21/h5-12,15,21H,13-14,16H2,1-4H3,(H,28,33). The number of ether oxygens (including phenoxy) is 1. The Hall–Kier alpha value is -3.92. The summed E-state index contributed by atoms with van der Waals surface area (Å²) in [4.78, 5) is 20.5. The Morgan fingerprint density at radius 1 is 1.11 bits per heavy atom. The molecule has 1 fully saturated rings. The van der Waals surface area contributed by atoms with Crippen LogP contribution in [-0.4, -0.2) is 61.8 Å². The third-order valence-corrected chi connectivity index (χ3v) is 8.41. The molecule has 0 radical (unpaired) electrons. The second kappa shape index (κ2) is 9.51. The Morgan fingerprint density at radius 2 is 1.81 bits per heavy atom. The summed E-state index contributed by atoms with van der Waals surface area (Å²) in [6.45, 7) is 1.82. The van der Waals surface area contributed by atoms with Gasteiger partial charge in [-0.2, -0.15) is 5.10 Å². The summed E-state index contributed by atoms with van der Waals surface area (Å²) in [7, 11) is 2.38. The van der Waals surface area contributed by atoms with Crippen LogP contribution in [0.3, 0.4) is 0 Å². The molecule has 4 aromatic rings. The van der Waals surface area contributed by atoms with Gasteiger partial charge in [0.25, 0.3) is 5.91 Å². The summed E-state index contributed by atoms with van der Waals surface area (Å²) < 4.78 is 31.4. The van der Waals surface area contributed by atoms with E-state index in [0.29, 0.717) is 45.8 Å². The minimum Gasteiger partial charge on any atom is -0.497 e. The molecule has 192 valence electrons. The predicted octanol–water partition coefficient (Wildman–Crippen LogP) is 4.09. The van der Waals surface area contributed by atoms with Crippen molar-refractivity contribution in [2.45, 2.75) is 19.4 Å². The highest BCUT2D eigenvalue weighted by Gasteiger charge is 2.32. The number of carbonyl (C=O) groups excluding carboxylic acids is 1. The molecule has 1 unspecified atom stereocenters. The lowest BCUT2D eigenvalue weighted by Crippen LogP contribution is -2.15. The van der Waals surface area contributed by atoms with E-state index in [1.54, 1.807) is 17.9 Å². The molecule has 37 heavy (non-hydrogen) atoms. The fourth-order valence-corrected chi connectivity index (χ4v) is 6.36. The summed E-state index contributed by atoms with van der Waals surface area (Å²) in [6.07, 6.45) is 0.465. The average Bonchev–Trinajstić information content (AvgIpc) is 3.42. The smallest absolute Gasteiger partial charge is 0.256 e. The Labute approximate surface area is 216 Å². The maximum Gasteiger partial charge on any atom is 0.256 e. The number of methoxy groups -OCH3 is 1. The number of nitrogens with one attached hydrogen (secondary N) is 1. The maximum atomic E-state index is 13.6. The van der Waals surface area contributed by atoms with E-state index in [1.807, 2.05) is 74.4 Å². The van der Waals surface area contributed by atoms with Gasteiger partial charge in [0.05, 0.1) is 47.0 Å². The fraction of sp³-hybridized carbons (Fsp3) is 0.296. The lowest BCUT2D eigenvalue weighted by atomic mass is 10.0. The van der Waals surface area contributed by atoms with Gasteiger partial charge in [0, 0.05) is 31.0 Å². The molecule has 10 heteroatoms. The van der Waals surface area contributed by atoms with Crippen LogP contribution in [0, 0.1) is 6.92 Å². The van der Waals surface area contributed by atoms with Crippen LogP contribution in [0.2, 0.25) is 0 Å². The van der Waals surface area contributed by atoms with Crippen LogP contribution in [-0.2, 0) is 9.84 Å². The largest absolute Gasteiger partial charge is 0.497 e. The van der Waals surface area contributed by atoms with Crippen molar-refractivity contribution in [3.63, 3.8) is 0 Å². The van der Waals surface area contributed by atoms with Crippen LogP contribution in [0.1, 0.15) is 28.5 Å². The number of rotatable bonds is 6. The van der Waals surface area contributed by atoms with Gasteiger partial charge in [0.1, 0.15) is 5.75 Å². The lowest BCUT2D eigenvalue weighted by molar-refractivity contribution is 0.102. The van der Waals surface area contributed by atoms with Gasteiger partial charge in [-0.25, -0.2) is 18.1 Å². The molecular formula is C27H29N5O4S. The number of anilines is 2. The number of aromatic nitrogens is 3. The van der Waals surface area contributed by atoms with E-state index in [1.165, 1.54) is 0 Å². The second-order valence-electron chi connectivity index (χ2n) is 9.46. The number of benzene rings is 2. The first-order valence-electron chi connectivity index (χ1n) is 12.0. The van der Waals surface area contributed by atoms with Gasteiger partial charge in [-0.1, -0.05) is 0 Å². The molecule has 0 aliphatic carbocycles. The van der Waals surface area contributed by atoms with Crippen LogP contribution >= 0.6 is 0 Å². The van der Waals surface area contributed by atoms with Gasteiger partial charge in [0.15, 0.2) is 15.5 Å². The topological polar surface area (TPSA) is 106 Å². The van der Waals surface area contributed by atoms with Crippen LogP contribution in [0.25, 0.3) is 22.3 Å². The zero-order valence-corrected chi connectivity index (χ0v) is 22.0. The summed E-state index contributed by atoms with van der Waals surface area (Å²) in [5.74, 6) is 0.548. The van der Waals surface area contributed by atoms with E-state index >= 15 is 0 Å². The molecular weight excluding hydrogens is 490 g/mol. The van der Waals surface area contributed by atoms with Gasteiger partial charge >= 0.3 is 0 Å². The number of nitrogens with zero attached hydrogens (tertiary/aromatic N) is 4. The first-order valence-corrected chi connectivity index (χ1v) is 13.8. The monoisotopic (exact) mass is 519 g/mol. The van der Waals surface area contributed by atoms with Crippen molar-refractivity contribution >= 4 is 38.2 Å². The third kappa shape index (κ3) is 4.89. The van der Waals surface area contributed by atoms with E-state index in [9.17, 15) is 13.2 Å². The first-order chi connectivity index (χ1) is 17.6. The number of hydrogen-bond acceptors (Lipinski definition) is 7. The second-order valence-corrected chi connectivity index (χ2v) is 11.7. The Bertz CT molecular complexity index is 1580. The number of hydrogen-bond donors (Lipinski definition) is 1. The molecule has 5 rings (SSSR count). The number of amides is 1. The number of fused-ring (bicyclic) bond motifs is 1. The van der Waals surface area contributed by atoms with E-state index < -0.39 is 9.84 Å². The lowest BCUT2D eigenvalue weighted by Gasteiger charge is -2.14. The molecule has 3 heterocycles. The molecule has 0 bridgehead atoms. The van der Waals surface area contributed by atoms with Gasteiger partial charge in [0.2, 0.25) is 0 Å². The molecule has 2 aromatic carbocycles. The Balaban J connectivity index is 1.62. The number of carbonyl (C=O) groups is 1. The van der Waals surface area contributed by atoms with E-state index in [0.717, 1.165) is 11.3 Å². The van der Waals surface area contributed by atoms with Crippen LogP contribution < -0.4 is 15.0 Å². The summed E-state index contributed by atoms with van der Waals surface area (Å²) >= 11 is 0. The van der Waals surface area contributed by atoms with Crippen molar-refractivity contribution in [3.8, 4) is 17.0 Å².